The Morgan fingerprint density at radius 3 is 1.73 bits per heavy atom. The summed E-state index contributed by atoms with van der Waals surface area (Å²) >= 11 is 11.8. The number of pyridine rings is 1. The minimum atomic E-state index is -0.484. The number of aromatic nitrogens is 1. The molecule has 0 atom stereocenters. The topological polar surface area (TPSA) is 71.1 Å². The Balaban J connectivity index is 1.72. The first-order valence-electron chi connectivity index (χ1n) is 9.18. The molecule has 2 amide bonds. The van der Waals surface area contributed by atoms with Crippen molar-refractivity contribution in [2.45, 2.75) is 13.1 Å². The average Bonchev–Trinajstić information content (AvgIpc) is 2.77. The van der Waals surface area contributed by atoms with Crippen molar-refractivity contribution in [2.24, 2.45) is 0 Å². The van der Waals surface area contributed by atoms with E-state index >= 15 is 0 Å². The zero-order chi connectivity index (χ0) is 21.3. The third kappa shape index (κ3) is 6.44. The van der Waals surface area contributed by atoms with Gasteiger partial charge in [0, 0.05) is 35.5 Å². The lowest BCUT2D eigenvalue weighted by Crippen LogP contribution is -2.34. The van der Waals surface area contributed by atoms with Crippen LogP contribution >= 0.6 is 23.2 Å². The molecule has 3 rings (SSSR count). The number of hydrogen-bond donors (Lipinski definition) is 2. The third-order valence-corrected chi connectivity index (χ3v) is 4.72. The molecule has 0 unspecified atom stereocenters. The molecule has 30 heavy (non-hydrogen) atoms. The van der Waals surface area contributed by atoms with E-state index in [-0.39, 0.29) is 18.7 Å². The van der Waals surface area contributed by atoms with E-state index in [9.17, 15) is 9.59 Å². The van der Waals surface area contributed by atoms with Crippen molar-refractivity contribution in [1.82, 2.24) is 15.6 Å². The van der Waals surface area contributed by atoms with E-state index in [1.165, 1.54) is 6.08 Å². The van der Waals surface area contributed by atoms with Crippen LogP contribution in [-0.2, 0) is 22.7 Å². The van der Waals surface area contributed by atoms with Crippen LogP contribution in [0.15, 0.2) is 78.6 Å². The predicted molar refractivity (Wildman–Crippen MR) is 119 cm³/mol. The summed E-state index contributed by atoms with van der Waals surface area (Å²) in [6, 6.07) is 17.7. The van der Waals surface area contributed by atoms with Gasteiger partial charge in [0.05, 0.1) is 0 Å². The Kier molecular flexibility index (Phi) is 7.60. The number of carbonyl (C=O) groups is 2. The molecule has 0 aliphatic heterocycles. The fourth-order valence-corrected chi connectivity index (χ4v) is 2.87. The lowest BCUT2D eigenvalue weighted by Gasteiger charge is -2.11. The molecule has 5 nitrogen and oxygen atoms in total. The van der Waals surface area contributed by atoms with E-state index in [0.717, 1.165) is 11.1 Å². The summed E-state index contributed by atoms with van der Waals surface area (Å²) in [5.41, 5.74) is 2.38. The Bertz CT molecular complexity index is 971. The molecular formula is C23H19Cl2N3O2. The van der Waals surface area contributed by atoms with Crippen molar-refractivity contribution in [3.8, 4) is 0 Å². The third-order valence-electron chi connectivity index (χ3n) is 4.22. The van der Waals surface area contributed by atoms with Crippen LogP contribution in [-0.4, -0.2) is 16.8 Å². The van der Waals surface area contributed by atoms with Gasteiger partial charge in [-0.2, -0.15) is 0 Å². The molecule has 0 aliphatic carbocycles. The van der Waals surface area contributed by atoms with Gasteiger partial charge < -0.3 is 10.6 Å². The lowest BCUT2D eigenvalue weighted by atomic mass is 10.1. The standard InChI is InChI=1S/C23H19Cl2N3O2/c24-19-7-3-16(4-8-19)14-27-22(29)21(12-18-2-1-11-26-13-18)23(30)28-15-17-5-9-20(25)10-6-17/h1-13H,14-15H2,(H,27,29)(H,28,30). The van der Waals surface area contributed by atoms with Gasteiger partial charge in [0.15, 0.2) is 0 Å². The fourth-order valence-electron chi connectivity index (χ4n) is 2.62. The van der Waals surface area contributed by atoms with Gasteiger partial charge in [-0.05, 0) is 53.1 Å². The highest BCUT2D eigenvalue weighted by molar-refractivity contribution is 6.30. The molecule has 0 aliphatic rings. The van der Waals surface area contributed by atoms with E-state index in [0.29, 0.717) is 15.6 Å². The Morgan fingerprint density at radius 2 is 1.30 bits per heavy atom. The van der Waals surface area contributed by atoms with Crippen molar-refractivity contribution in [2.75, 3.05) is 0 Å². The van der Waals surface area contributed by atoms with Gasteiger partial charge in [0.1, 0.15) is 5.57 Å². The normalized spacial score (nSPS) is 10.2. The minimum Gasteiger partial charge on any atom is -0.348 e. The highest BCUT2D eigenvalue weighted by Crippen LogP contribution is 2.12. The van der Waals surface area contributed by atoms with E-state index in [1.807, 2.05) is 24.3 Å². The largest absolute Gasteiger partial charge is 0.348 e. The molecule has 3 aromatic rings. The monoisotopic (exact) mass is 439 g/mol. The number of halogens is 2. The molecular weight excluding hydrogens is 421 g/mol. The van der Waals surface area contributed by atoms with Crippen molar-refractivity contribution >= 4 is 41.1 Å². The van der Waals surface area contributed by atoms with E-state index in [2.05, 4.69) is 15.6 Å². The van der Waals surface area contributed by atoms with Crippen LogP contribution in [0.25, 0.3) is 6.08 Å². The zero-order valence-electron chi connectivity index (χ0n) is 15.9. The molecule has 0 radical (unpaired) electrons. The van der Waals surface area contributed by atoms with Crippen LogP contribution in [0.2, 0.25) is 10.0 Å². The molecule has 7 heteroatoms. The Hall–Kier alpha value is -3.15. The summed E-state index contributed by atoms with van der Waals surface area (Å²) in [5.74, 6) is -0.968. The zero-order valence-corrected chi connectivity index (χ0v) is 17.5. The maximum absolute atomic E-state index is 12.8. The van der Waals surface area contributed by atoms with Crippen LogP contribution in [0, 0.1) is 0 Å². The van der Waals surface area contributed by atoms with Gasteiger partial charge in [-0.3, -0.25) is 14.6 Å². The first kappa shape index (κ1) is 21.6. The van der Waals surface area contributed by atoms with Crippen molar-refractivity contribution in [1.29, 1.82) is 0 Å². The van der Waals surface area contributed by atoms with Gasteiger partial charge in [-0.1, -0.05) is 53.5 Å². The van der Waals surface area contributed by atoms with Crippen LogP contribution in [0.5, 0.6) is 0 Å². The predicted octanol–water partition coefficient (Wildman–Crippen LogP) is 4.40. The number of rotatable bonds is 7. The molecule has 2 N–H and O–H groups in total. The van der Waals surface area contributed by atoms with E-state index < -0.39 is 11.8 Å². The quantitative estimate of drug-likeness (QED) is 0.325. The lowest BCUT2D eigenvalue weighted by molar-refractivity contribution is -0.123. The highest BCUT2D eigenvalue weighted by atomic mass is 35.5. The van der Waals surface area contributed by atoms with Gasteiger partial charge in [0.25, 0.3) is 11.8 Å². The molecule has 1 heterocycles. The second kappa shape index (κ2) is 10.6. The van der Waals surface area contributed by atoms with Crippen LogP contribution in [0.1, 0.15) is 16.7 Å². The molecule has 0 saturated carbocycles. The van der Waals surface area contributed by atoms with E-state index in [1.54, 1.807) is 48.8 Å². The van der Waals surface area contributed by atoms with Crippen molar-refractivity contribution < 1.29 is 9.59 Å². The molecule has 152 valence electrons. The Morgan fingerprint density at radius 1 is 0.800 bits per heavy atom. The average molecular weight is 440 g/mol. The molecule has 0 bridgehead atoms. The number of carbonyl (C=O) groups excluding carboxylic acids is 2. The first-order valence-corrected chi connectivity index (χ1v) is 9.94. The SMILES string of the molecule is O=C(NCc1ccc(Cl)cc1)C(=Cc1cccnc1)C(=O)NCc1ccc(Cl)cc1. The van der Waals surface area contributed by atoms with Gasteiger partial charge in [-0.25, -0.2) is 0 Å². The summed E-state index contributed by atoms with van der Waals surface area (Å²) in [4.78, 5) is 29.6. The number of amides is 2. The number of nitrogens with zero attached hydrogens (tertiary/aromatic N) is 1. The number of benzene rings is 2. The maximum Gasteiger partial charge on any atom is 0.257 e. The second-order valence-corrected chi connectivity index (χ2v) is 7.34. The second-order valence-electron chi connectivity index (χ2n) is 6.46. The van der Waals surface area contributed by atoms with Crippen molar-refractivity contribution in [3.63, 3.8) is 0 Å². The number of nitrogens with one attached hydrogen (secondary N) is 2. The number of hydrogen-bond acceptors (Lipinski definition) is 3. The fraction of sp³-hybridized carbons (Fsp3) is 0.0870. The summed E-state index contributed by atoms with van der Waals surface area (Å²) in [7, 11) is 0. The summed E-state index contributed by atoms with van der Waals surface area (Å²) < 4.78 is 0. The minimum absolute atomic E-state index is 0.00840. The van der Waals surface area contributed by atoms with Crippen LogP contribution < -0.4 is 10.6 Å². The Labute approximate surface area is 184 Å². The van der Waals surface area contributed by atoms with Crippen LogP contribution in [0.3, 0.4) is 0 Å². The molecule has 0 spiro atoms. The molecule has 1 aromatic heterocycles. The summed E-state index contributed by atoms with van der Waals surface area (Å²) in [6.07, 6.45) is 4.72. The summed E-state index contributed by atoms with van der Waals surface area (Å²) in [5, 5.41) is 6.78. The van der Waals surface area contributed by atoms with Gasteiger partial charge in [-0.15, -0.1) is 0 Å². The smallest absolute Gasteiger partial charge is 0.257 e. The van der Waals surface area contributed by atoms with Crippen molar-refractivity contribution in [3.05, 3.63) is 105 Å². The van der Waals surface area contributed by atoms with Crippen LogP contribution in [0.4, 0.5) is 0 Å². The maximum atomic E-state index is 12.8. The molecule has 2 aromatic carbocycles. The highest BCUT2D eigenvalue weighted by Gasteiger charge is 2.18. The summed E-state index contributed by atoms with van der Waals surface area (Å²) in [6.45, 7) is 0.537. The molecule has 0 fully saturated rings. The molecule has 0 saturated heterocycles. The van der Waals surface area contributed by atoms with Gasteiger partial charge >= 0.3 is 0 Å². The first-order chi connectivity index (χ1) is 14.5. The van der Waals surface area contributed by atoms with Gasteiger partial charge in [0.2, 0.25) is 0 Å². The van der Waals surface area contributed by atoms with E-state index in [4.69, 9.17) is 23.2 Å².